The molecule has 4 aromatic rings. The van der Waals surface area contributed by atoms with E-state index in [1.807, 2.05) is 42.5 Å². The van der Waals surface area contributed by atoms with Crippen LogP contribution in [0.5, 0.6) is 0 Å². The zero-order valence-corrected chi connectivity index (χ0v) is 19.1. The number of ether oxygens (including phenoxy) is 2. The average Bonchev–Trinajstić information content (AvgIpc) is 3.14. The fourth-order valence-electron chi connectivity index (χ4n) is 3.52. The summed E-state index contributed by atoms with van der Waals surface area (Å²) in [5.41, 5.74) is 1.92. The zero-order chi connectivity index (χ0) is 23.4. The number of benzene rings is 3. The van der Waals surface area contributed by atoms with Gasteiger partial charge in [0.25, 0.3) is 5.91 Å². The number of fused-ring (bicyclic) bond motifs is 2. The van der Waals surface area contributed by atoms with E-state index < -0.39 is 11.9 Å². The summed E-state index contributed by atoms with van der Waals surface area (Å²) in [7, 11) is 1.30. The summed E-state index contributed by atoms with van der Waals surface area (Å²) < 4.78 is 12.2. The van der Waals surface area contributed by atoms with Crippen molar-refractivity contribution in [3.63, 3.8) is 0 Å². The number of methoxy groups -OCH3 is 1. The van der Waals surface area contributed by atoms with Crippen LogP contribution in [0, 0.1) is 0 Å². The fourth-order valence-corrected chi connectivity index (χ4v) is 4.60. The van der Waals surface area contributed by atoms with Crippen LogP contribution in [0.15, 0.2) is 65.7 Å². The highest BCUT2D eigenvalue weighted by Gasteiger charge is 2.15. The minimum atomic E-state index is -0.465. The van der Waals surface area contributed by atoms with Gasteiger partial charge in [0.05, 0.1) is 35.9 Å². The van der Waals surface area contributed by atoms with Gasteiger partial charge in [-0.25, -0.2) is 4.79 Å². The maximum Gasteiger partial charge on any atom is 0.338 e. The van der Waals surface area contributed by atoms with Crippen LogP contribution in [0.2, 0.25) is 0 Å². The molecule has 0 atom stereocenters. The maximum atomic E-state index is 12.8. The van der Waals surface area contributed by atoms with Gasteiger partial charge in [0.1, 0.15) is 6.54 Å². The van der Waals surface area contributed by atoms with E-state index in [1.165, 1.54) is 18.4 Å². The van der Waals surface area contributed by atoms with Crippen molar-refractivity contribution in [1.82, 2.24) is 4.57 Å². The van der Waals surface area contributed by atoms with Crippen LogP contribution in [-0.2, 0) is 32.0 Å². The lowest BCUT2D eigenvalue weighted by Gasteiger charge is -2.05. The van der Waals surface area contributed by atoms with E-state index >= 15 is 0 Å². The van der Waals surface area contributed by atoms with Crippen molar-refractivity contribution in [3.05, 3.63) is 76.6 Å². The number of nitrogens with zero attached hydrogens (tertiary/aromatic N) is 2. The molecule has 0 fully saturated rings. The topological polar surface area (TPSA) is 87.0 Å². The first-order valence-corrected chi connectivity index (χ1v) is 11.2. The Kier molecular flexibility index (Phi) is 6.65. The summed E-state index contributed by atoms with van der Waals surface area (Å²) >= 11 is 1.23. The third-order valence-corrected chi connectivity index (χ3v) is 6.14. The highest BCUT2D eigenvalue weighted by Crippen LogP contribution is 2.21. The number of esters is 2. The van der Waals surface area contributed by atoms with Gasteiger partial charge in [0.15, 0.2) is 4.80 Å². The highest BCUT2D eigenvalue weighted by molar-refractivity contribution is 7.16. The molecule has 0 aliphatic carbocycles. The monoisotopic (exact) mass is 462 g/mol. The van der Waals surface area contributed by atoms with Crippen molar-refractivity contribution in [2.45, 2.75) is 19.9 Å². The molecule has 3 aromatic carbocycles. The zero-order valence-electron chi connectivity index (χ0n) is 18.2. The molecule has 33 heavy (non-hydrogen) atoms. The van der Waals surface area contributed by atoms with Gasteiger partial charge in [-0.05, 0) is 41.5 Å². The normalized spacial score (nSPS) is 11.6. The molecular weight excluding hydrogens is 440 g/mol. The standard InChI is InChI=1S/C25H22N2O5S/c1-3-32-24(30)19-10-11-20-21(14-19)33-25(27(20)15-23(29)31-2)26-22(28)13-16-8-9-17-6-4-5-7-18(17)12-16/h4-12,14H,3,13,15H2,1-2H3. The Bertz CT molecular complexity index is 1430. The first-order chi connectivity index (χ1) is 16.0. The lowest BCUT2D eigenvalue weighted by Crippen LogP contribution is -2.22. The second-order valence-electron chi connectivity index (χ2n) is 7.31. The van der Waals surface area contributed by atoms with Crippen LogP contribution in [0.25, 0.3) is 21.0 Å². The molecule has 4 rings (SSSR count). The molecule has 1 aromatic heterocycles. The van der Waals surface area contributed by atoms with Gasteiger partial charge in [-0.1, -0.05) is 53.8 Å². The largest absolute Gasteiger partial charge is 0.468 e. The van der Waals surface area contributed by atoms with Crippen LogP contribution >= 0.6 is 11.3 Å². The van der Waals surface area contributed by atoms with Crippen LogP contribution < -0.4 is 4.80 Å². The van der Waals surface area contributed by atoms with Gasteiger partial charge in [0.2, 0.25) is 0 Å². The number of amides is 1. The van der Waals surface area contributed by atoms with Gasteiger partial charge in [-0.2, -0.15) is 4.99 Å². The molecule has 8 heteroatoms. The molecule has 0 bridgehead atoms. The number of carbonyl (C=O) groups is 3. The van der Waals surface area contributed by atoms with Crippen molar-refractivity contribution >= 4 is 50.2 Å². The quantitative estimate of drug-likeness (QED) is 0.406. The molecule has 1 amide bonds. The smallest absolute Gasteiger partial charge is 0.338 e. The summed E-state index contributed by atoms with van der Waals surface area (Å²) in [5.74, 6) is -1.23. The molecule has 7 nitrogen and oxygen atoms in total. The van der Waals surface area contributed by atoms with Crippen molar-refractivity contribution in [1.29, 1.82) is 0 Å². The Morgan fingerprint density at radius 3 is 2.55 bits per heavy atom. The number of carbonyl (C=O) groups excluding carboxylic acids is 3. The van der Waals surface area contributed by atoms with E-state index in [9.17, 15) is 14.4 Å². The van der Waals surface area contributed by atoms with E-state index in [1.54, 1.807) is 29.7 Å². The van der Waals surface area contributed by atoms with Gasteiger partial charge in [0, 0.05) is 0 Å². The van der Waals surface area contributed by atoms with E-state index in [0.29, 0.717) is 20.6 Å². The summed E-state index contributed by atoms with van der Waals surface area (Å²) in [6.07, 6.45) is 0.130. The Balaban J connectivity index is 1.71. The Morgan fingerprint density at radius 1 is 1.00 bits per heavy atom. The van der Waals surface area contributed by atoms with E-state index in [-0.39, 0.29) is 25.5 Å². The molecule has 0 unspecified atom stereocenters. The molecule has 0 aliphatic heterocycles. The van der Waals surface area contributed by atoms with Crippen LogP contribution in [-0.4, -0.2) is 36.1 Å². The Morgan fingerprint density at radius 2 is 1.79 bits per heavy atom. The van der Waals surface area contributed by atoms with Crippen molar-refractivity contribution in [2.75, 3.05) is 13.7 Å². The number of rotatable bonds is 6. The predicted octanol–water partition coefficient (Wildman–Crippen LogP) is 3.88. The van der Waals surface area contributed by atoms with E-state index in [4.69, 9.17) is 9.47 Å². The van der Waals surface area contributed by atoms with Crippen molar-refractivity contribution in [2.24, 2.45) is 4.99 Å². The Labute approximate surface area is 193 Å². The third-order valence-electron chi connectivity index (χ3n) is 5.10. The minimum Gasteiger partial charge on any atom is -0.468 e. The lowest BCUT2D eigenvalue weighted by atomic mass is 10.1. The average molecular weight is 463 g/mol. The van der Waals surface area contributed by atoms with Crippen molar-refractivity contribution < 1.29 is 23.9 Å². The third kappa shape index (κ3) is 5.01. The van der Waals surface area contributed by atoms with Gasteiger partial charge >= 0.3 is 11.9 Å². The summed E-state index contributed by atoms with van der Waals surface area (Å²) in [5, 5.41) is 2.15. The maximum absolute atomic E-state index is 12.8. The number of hydrogen-bond acceptors (Lipinski definition) is 6. The molecule has 0 saturated heterocycles. The van der Waals surface area contributed by atoms with E-state index in [2.05, 4.69) is 4.99 Å². The predicted molar refractivity (Wildman–Crippen MR) is 126 cm³/mol. The highest BCUT2D eigenvalue weighted by atomic mass is 32.1. The SMILES string of the molecule is CCOC(=O)c1ccc2c(c1)sc(=NC(=O)Cc1ccc3ccccc3c1)n2CC(=O)OC. The van der Waals surface area contributed by atoms with E-state index in [0.717, 1.165) is 16.3 Å². The molecular formula is C25H22N2O5S. The van der Waals surface area contributed by atoms with Crippen LogP contribution in [0.1, 0.15) is 22.8 Å². The van der Waals surface area contributed by atoms with Crippen LogP contribution in [0.3, 0.4) is 0 Å². The second kappa shape index (κ2) is 9.79. The second-order valence-corrected chi connectivity index (χ2v) is 8.32. The minimum absolute atomic E-state index is 0.0999. The summed E-state index contributed by atoms with van der Waals surface area (Å²) in [6.45, 7) is 1.91. The molecule has 168 valence electrons. The van der Waals surface area contributed by atoms with Crippen LogP contribution in [0.4, 0.5) is 0 Å². The number of thiazole rings is 1. The lowest BCUT2D eigenvalue weighted by molar-refractivity contribution is -0.141. The fraction of sp³-hybridized carbons (Fsp3) is 0.200. The van der Waals surface area contributed by atoms with Gasteiger partial charge in [-0.15, -0.1) is 0 Å². The van der Waals surface area contributed by atoms with Gasteiger partial charge in [-0.3, -0.25) is 9.59 Å². The summed E-state index contributed by atoms with van der Waals surface area (Å²) in [4.78, 5) is 41.6. The first kappa shape index (κ1) is 22.4. The first-order valence-electron chi connectivity index (χ1n) is 10.4. The summed E-state index contributed by atoms with van der Waals surface area (Å²) in [6, 6.07) is 18.8. The number of hydrogen-bond donors (Lipinski definition) is 0. The van der Waals surface area contributed by atoms with Gasteiger partial charge < -0.3 is 14.0 Å². The molecule has 0 spiro atoms. The number of aromatic nitrogens is 1. The van der Waals surface area contributed by atoms with Crippen molar-refractivity contribution in [3.8, 4) is 0 Å². The molecule has 0 saturated carbocycles. The molecule has 1 heterocycles. The molecule has 0 aliphatic rings. The Hall–Kier alpha value is -3.78. The molecule has 0 radical (unpaired) electrons. The molecule has 0 N–H and O–H groups in total.